The molecule has 0 aliphatic carbocycles. The van der Waals surface area contributed by atoms with E-state index in [0.717, 1.165) is 18.8 Å². The number of ether oxygens (including phenoxy) is 1. The highest BCUT2D eigenvalue weighted by atomic mass is 16.5. The molecule has 1 aromatic carbocycles. The van der Waals surface area contributed by atoms with Crippen LogP contribution in [0.15, 0.2) is 42.6 Å². The lowest BCUT2D eigenvalue weighted by Gasteiger charge is -2.26. The lowest BCUT2D eigenvalue weighted by molar-refractivity contribution is 0.340. The molecule has 94 valence electrons. The van der Waals surface area contributed by atoms with E-state index in [1.165, 1.54) is 11.3 Å². The highest BCUT2D eigenvalue weighted by Crippen LogP contribution is 2.26. The molecule has 3 heteroatoms. The minimum absolute atomic E-state index is 0.296. The van der Waals surface area contributed by atoms with Crippen LogP contribution in [0.1, 0.15) is 24.2 Å². The summed E-state index contributed by atoms with van der Waals surface area (Å²) >= 11 is 0. The molecular weight excluding hydrogens is 224 g/mol. The average molecular weight is 242 g/mol. The first-order valence-electron chi connectivity index (χ1n) is 6.49. The number of rotatable bonds is 3. The molecule has 0 radical (unpaired) electrons. The summed E-state index contributed by atoms with van der Waals surface area (Å²) in [7, 11) is 0. The Labute approximate surface area is 107 Å². The molecule has 1 N–H and O–H groups in total. The molecule has 1 aliphatic rings. The summed E-state index contributed by atoms with van der Waals surface area (Å²) in [6.07, 6.45) is 2.15. The smallest absolute Gasteiger partial charge is 0.119 e. The third kappa shape index (κ3) is 2.02. The SMILES string of the molecule is CCOc1ccc(C2NCCn3cccc32)cc1. The van der Waals surface area contributed by atoms with Crippen LogP contribution < -0.4 is 10.1 Å². The van der Waals surface area contributed by atoms with Crippen molar-refractivity contribution in [2.24, 2.45) is 0 Å². The lowest BCUT2D eigenvalue weighted by Crippen LogP contribution is -2.33. The van der Waals surface area contributed by atoms with Gasteiger partial charge in [0.15, 0.2) is 0 Å². The van der Waals surface area contributed by atoms with Gasteiger partial charge in [-0.2, -0.15) is 0 Å². The molecule has 3 nitrogen and oxygen atoms in total. The maximum absolute atomic E-state index is 5.48. The highest BCUT2D eigenvalue weighted by Gasteiger charge is 2.20. The fourth-order valence-corrected chi connectivity index (χ4v) is 2.54. The van der Waals surface area contributed by atoms with Gasteiger partial charge in [0.2, 0.25) is 0 Å². The van der Waals surface area contributed by atoms with Gasteiger partial charge in [0.1, 0.15) is 5.75 Å². The Morgan fingerprint density at radius 3 is 2.89 bits per heavy atom. The Balaban J connectivity index is 1.88. The largest absolute Gasteiger partial charge is 0.494 e. The van der Waals surface area contributed by atoms with Crippen LogP contribution in [0.25, 0.3) is 0 Å². The molecule has 1 atom stereocenters. The van der Waals surface area contributed by atoms with Crippen LogP contribution in [0.5, 0.6) is 5.75 Å². The second-order valence-electron chi connectivity index (χ2n) is 4.52. The zero-order valence-corrected chi connectivity index (χ0v) is 10.6. The normalized spacial score (nSPS) is 18.4. The first kappa shape index (κ1) is 11.4. The van der Waals surface area contributed by atoms with Gasteiger partial charge in [0.25, 0.3) is 0 Å². The predicted molar refractivity (Wildman–Crippen MR) is 71.9 cm³/mol. The fourth-order valence-electron chi connectivity index (χ4n) is 2.54. The van der Waals surface area contributed by atoms with Crippen molar-refractivity contribution in [3.05, 3.63) is 53.9 Å². The van der Waals surface area contributed by atoms with Crippen molar-refractivity contribution in [3.63, 3.8) is 0 Å². The summed E-state index contributed by atoms with van der Waals surface area (Å²) in [6, 6.07) is 13.0. The summed E-state index contributed by atoms with van der Waals surface area (Å²) in [5.74, 6) is 0.937. The van der Waals surface area contributed by atoms with E-state index in [4.69, 9.17) is 4.74 Å². The van der Waals surface area contributed by atoms with Crippen LogP contribution >= 0.6 is 0 Å². The van der Waals surface area contributed by atoms with Gasteiger partial charge in [-0.05, 0) is 36.8 Å². The standard InChI is InChI=1S/C15H18N2O/c1-2-18-13-7-5-12(6-8-13)15-14-4-3-10-17(14)11-9-16-15/h3-8,10,15-16H,2,9,11H2,1H3. The second kappa shape index (κ2) is 4.86. The number of fused-ring (bicyclic) bond motifs is 1. The number of aromatic nitrogens is 1. The van der Waals surface area contributed by atoms with Crippen molar-refractivity contribution in [1.82, 2.24) is 9.88 Å². The van der Waals surface area contributed by atoms with Gasteiger partial charge in [-0.25, -0.2) is 0 Å². The molecule has 0 saturated carbocycles. The summed E-state index contributed by atoms with van der Waals surface area (Å²) in [5, 5.41) is 3.57. The van der Waals surface area contributed by atoms with Crippen molar-refractivity contribution in [1.29, 1.82) is 0 Å². The topological polar surface area (TPSA) is 26.2 Å². The number of nitrogens with zero attached hydrogens (tertiary/aromatic N) is 1. The molecule has 2 aromatic rings. The van der Waals surface area contributed by atoms with E-state index >= 15 is 0 Å². The molecular formula is C15H18N2O. The summed E-state index contributed by atoms with van der Waals surface area (Å²) in [6.45, 7) is 4.78. The van der Waals surface area contributed by atoms with Crippen LogP contribution in [0.2, 0.25) is 0 Å². The van der Waals surface area contributed by atoms with Gasteiger partial charge in [-0.1, -0.05) is 12.1 Å². The number of benzene rings is 1. The maximum atomic E-state index is 5.48. The van der Waals surface area contributed by atoms with Gasteiger partial charge in [0.05, 0.1) is 12.6 Å². The first-order chi connectivity index (χ1) is 8.88. The minimum Gasteiger partial charge on any atom is -0.494 e. The molecule has 18 heavy (non-hydrogen) atoms. The molecule has 1 aliphatic heterocycles. The zero-order valence-electron chi connectivity index (χ0n) is 10.6. The van der Waals surface area contributed by atoms with Crippen LogP contribution in [-0.2, 0) is 6.54 Å². The fraction of sp³-hybridized carbons (Fsp3) is 0.333. The molecule has 1 aromatic heterocycles. The van der Waals surface area contributed by atoms with Gasteiger partial charge in [0, 0.05) is 25.0 Å². The van der Waals surface area contributed by atoms with Crippen molar-refractivity contribution >= 4 is 0 Å². The van der Waals surface area contributed by atoms with Gasteiger partial charge in [-0.3, -0.25) is 0 Å². The molecule has 0 saturated heterocycles. The monoisotopic (exact) mass is 242 g/mol. The third-order valence-corrected chi connectivity index (χ3v) is 3.39. The molecule has 0 amide bonds. The van der Waals surface area contributed by atoms with E-state index in [1.807, 2.05) is 19.1 Å². The number of hydrogen-bond acceptors (Lipinski definition) is 2. The van der Waals surface area contributed by atoms with Gasteiger partial charge < -0.3 is 14.6 Å². The quantitative estimate of drug-likeness (QED) is 0.895. The van der Waals surface area contributed by atoms with Crippen molar-refractivity contribution in [3.8, 4) is 5.75 Å². The molecule has 2 heterocycles. The number of nitrogens with one attached hydrogen (secondary N) is 1. The highest BCUT2D eigenvalue weighted by molar-refractivity contribution is 5.34. The molecule has 0 fully saturated rings. The Morgan fingerprint density at radius 1 is 1.28 bits per heavy atom. The number of hydrogen-bond donors (Lipinski definition) is 1. The van der Waals surface area contributed by atoms with E-state index in [0.29, 0.717) is 12.6 Å². The van der Waals surface area contributed by atoms with E-state index in [1.54, 1.807) is 0 Å². The Hall–Kier alpha value is -1.74. The van der Waals surface area contributed by atoms with E-state index in [2.05, 4.69) is 40.3 Å². The van der Waals surface area contributed by atoms with Crippen molar-refractivity contribution in [2.75, 3.05) is 13.2 Å². The Bertz CT molecular complexity index is 516. The van der Waals surface area contributed by atoms with Gasteiger partial charge in [-0.15, -0.1) is 0 Å². The summed E-state index contributed by atoms with van der Waals surface area (Å²) in [5.41, 5.74) is 2.63. The summed E-state index contributed by atoms with van der Waals surface area (Å²) < 4.78 is 7.79. The zero-order chi connectivity index (χ0) is 12.4. The molecule has 0 spiro atoms. The predicted octanol–water partition coefficient (Wildman–Crippen LogP) is 2.58. The van der Waals surface area contributed by atoms with E-state index in [-0.39, 0.29) is 0 Å². The van der Waals surface area contributed by atoms with E-state index < -0.39 is 0 Å². The van der Waals surface area contributed by atoms with Crippen molar-refractivity contribution in [2.45, 2.75) is 19.5 Å². The molecule has 3 rings (SSSR count). The third-order valence-electron chi connectivity index (χ3n) is 3.39. The van der Waals surface area contributed by atoms with Gasteiger partial charge >= 0.3 is 0 Å². The van der Waals surface area contributed by atoms with Crippen molar-refractivity contribution < 1.29 is 4.74 Å². The average Bonchev–Trinajstić information content (AvgIpc) is 2.88. The molecule has 1 unspecified atom stereocenters. The van der Waals surface area contributed by atoms with Crippen LogP contribution in [0, 0.1) is 0 Å². The summed E-state index contributed by atoms with van der Waals surface area (Å²) in [4.78, 5) is 0. The Kier molecular flexibility index (Phi) is 3.07. The van der Waals surface area contributed by atoms with Crippen LogP contribution in [0.4, 0.5) is 0 Å². The lowest BCUT2D eigenvalue weighted by atomic mass is 10.0. The minimum atomic E-state index is 0.296. The van der Waals surface area contributed by atoms with Crippen LogP contribution in [0.3, 0.4) is 0 Å². The first-order valence-corrected chi connectivity index (χ1v) is 6.49. The Morgan fingerprint density at radius 2 is 2.11 bits per heavy atom. The maximum Gasteiger partial charge on any atom is 0.119 e. The second-order valence-corrected chi connectivity index (χ2v) is 4.52. The van der Waals surface area contributed by atoms with Crippen LogP contribution in [-0.4, -0.2) is 17.7 Å². The van der Waals surface area contributed by atoms with E-state index in [9.17, 15) is 0 Å². The molecule has 0 bridgehead atoms.